The first-order valence-corrected chi connectivity index (χ1v) is 6.50. The summed E-state index contributed by atoms with van der Waals surface area (Å²) in [5.74, 6) is 1.61. The van der Waals surface area contributed by atoms with E-state index in [4.69, 9.17) is 0 Å². The molecule has 0 aromatic carbocycles. The predicted molar refractivity (Wildman–Crippen MR) is 72.8 cm³/mol. The molecule has 1 aliphatic heterocycles. The molecule has 0 aliphatic carbocycles. The lowest BCUT2D eigenvalue weighted by atomic mass is 10.0. The Morgan fingerprint density at radius 2 is 2.24 bits per heavy atom. The molecule has 3 nitrogen and oxygen atoms in total. The Labute approximate surface area is 103 Å². The third kappa shape index (κ3) is 3.29. The highest BCUT2D eigenvalue weighted by molar-refractivity contribution is 6.04. The number of hydrogen-bond acceptors (Lipinski definition) is 3. The van der Waals surface area contributed by atoms with Crippen LogP contribution in [0.25, 0.3) is 0 Å². The molecule has 0 spiro atoms. The van der Waals surface area contributed by atoms with E-state index in [0.29, 0.717) is 5.92 Å². The van der Waals surface area contributed by atoms with Gasteiger partial charge in [0.15, 0.2) is 0 Å². The molecule has 2 rings (SSSR count). The highest BCUT2D eigenvalue weighted by Gasteiger charge is 2.12. The monoisotopic (exact) mass is 231 g/mol. The van der Waals surface area contributed by atoms with Crippen molar-refractivity contribution in [2.75, 3.05) is 18.4 Å². The molecule has 0 saturated heterocycles. The maximum atomic E-state index is 4.62. The van der Waals surface area contributed by atoms with Gasteiger partial charge >= 0.3 is 0 Å². The minimum absolute atomic E-state index is 0.623. The SMILES string of the molecule is CC(C)CNc1ncccc1C1=NCCCC1. The fourth-order valence-electron chi connectivity index (χ4n) is 2.00. The third-order valence-electron chi connectivity index (χ3n) is 2.92. The first kappa shape index (κ1) is 12.1. The third-order valence-corrected chi connectivity index (χ3v) is 2.92. The van der Waals surface area contributed by atoms with Gasteiger partial charge in [0.25, 0.3) is 0 Å². The van der Waals surface area contributed by atoms with Crippen LogP contribution in [0.15, 0.2) is 23.3 Å². The van der Waals surface area contributed by atoms with E-state index in [1.165, 1.54) is 24.1 Å². The van der Waals surface area contributed by atoms with Gasteiger partial charge in [0, 0.05) is 30.6 Å². The minimum atomic E-state index is 0.623. The zero-order chi connectivity index (χ0) is 12.1. The molecule has 2 heterocycles. The smallest absolute Gasteiger partial charge is 0.135 e. The summed E-state index contributed by atoms with van der Waals surface area (Å²) in [6.45, 7) is 6.33. The standard InChI is InChI=1S/C14H21N3/c1-11(2)10-17-14-12(6-5-9-16-14)13-7-3-4-8-15-13/h5-6,9,11H,3-4,7-8,10H2,1-2H3,(H,16,17). The second-order valence-electron chi connectivity index (χ2n) is 4.96. The fraction of sp³-hybridized carbons (Fsp3) is 0.571. The van der Waals surface area contributed by atoms with Crippen molar-refractivity contribution >= 4 is 11.5 Å². The average molecular weight is 231 g/mol. The lowest BCUT2D eigenvalue weighted by Gasteiger charge is -2.16. The van der Waals surface area contributed by atoms with Crippen LogP contribution in [0.1, 0.15) is 38.7 Å². The van der Waals surface area contributed by atoms with Crippen LogP contribution in [0, 0.1) is 5.92 Å². The molecule has 3 heteroatoms. The highest BCUT2D eigenvalue weighted by atomic mass is 15.0. The van der Waals surface area contributed by atoms with Crippen LogP contribution in [0.3, 0.4) is 0 Å². The van der Waals surface area contributed by atoms with Crippen LogP contribution in [0.4, 0.5) is 5.82 Å². The summed E-state index contributed by atoms with van der Waals surface area (Å²) in [5.41, 5.74) is 2.41. The Morgan fingerprint density at radius 1 is 1.35 bits per heavy atom. The summed E-state index contributed by atoms with van der Waals surface area (Å²) in [5, 5.41) is 3.42. The molecular formula is C14H21N3. The number of anilines is 1. The average Bonchev–Trinajstić information content (AvgIpc) is 2.38. The minimum Gasteiger partial charge on any atom is -0.369 e. The summed E-state index contributed by atoms with van der Waals surface area (Å²) in [6, 6.07) is 4.12. The zero-order valence-electron chi connectivity index (χ0n) is 10.7. The van der Waals surface area contributed by atoms with Crippen molar-refractivity contribution in [3.05, 3.63) is 23.9 Å². The number of nitrogens with zero attached hydrogens (tertiary/aromatic N) is 2. The quantitative estimate of drug-likeness (QED) is 0.864. The molecule has 1 aromatic heterocycles. The number of hydrogen-bond donors (Lipinski definition) is 1. The molecule has 1 aliphatic rings. The Morgan fingerprint density at radius 3 is 2.94 bits per heavy atom. The second-order valence-corrected chi connectivity index (χ2v) is 4.96. The maximum Gasteiger partial charge on any atom is 0.135 e. The van der Waals surface area contributed by atoms with Crippen molar-refractivity contribution in [3.63, 3.8) is 0 Å². The Kier molecular flexibility index (Phi) is 4.13. The maximum absolute atomic E-state index is 4.62. The van der Waals surface area contributed by atoms with Crippen LogP contribution in [0.5, 0.6) is 0 Å². The molecular weight excluding hydrogens is 210 g/mol. The van der Waals surface area contributed by atoms with Crippen molar-refractivity contribution < 1.29 is 0 Å². The Balaban J connectivity index is 2.17. The zero-order valence-corrected chi connectivity index (χ0v) is 10.7. The molecule has 0 amide bonds. The molecule has 92 valence electrons. The van der Waals surface area contributed by atoms with Crippen molar-refractivity contribution in [2.45, 2.75) is 33.1 Å². The van der Waals surface area contributed by atoms with Crippen molar-refractivity contribution in [3.8, 4) is 0 Å². The van der Waals surface area contributed by atoms with E-state index < -0.39 is 0 Å². The Hall–Kier alpha value is -1.38. The van der Waals surface area contributed by atoms with Crippen LogP contribution in [0.2, 0.25) is 0 Å². The van der Waals surface area contributed by atoms with Gasteiger partial charge in [0.05, 0.1) is 0 Å². The van der Waals surface area contributed by atoms with E-state index >= 15 is 0 Å². The van der Waals surface area contributed by atoms with E-state index in [-0.39, 0.29) is 0 Å². The molecule has 0 saturated carbocycles. The number of rotatable bonds is 4. The second kappa shape index (κ2) is 5.80. The van der Waals surface area contributed by atoms with Crippen molar-refractivity contribution in [2.24, 2.45) is 10.9 Å². The van der Waals surface area contributed by atoms with E-state index in [1.807, 2.05) is 12.3 Å². The molecule has 0 fully saturated rings. The fourth-order valence-corrected chi connectivity index (χ4v) is 2.00. The predicted octanol–water partition coefficient (Wildman–Crippen LogP) is 3.12. The molecule has 1 N–H and O–H groups in total. The number of pyridine rings is 1. The largest absolute Gasteiger partial charge is 0.369 e. The van der Waals surface area contributed by atoms with Gasteiger partial charge in [-0.25, -0.2) is 4.98 Å². The molecule has 0 radical (unpaired) electrons. The normalized spacial score (nSPS) is 15.8. The van der Waals surface area contributed by atoms with Crippen LogP contribution >= 0.6 is 0 Å². The van der Waals surface area contributed by atoms with Gasteiger partial charge < -0.3 is 5.32 Å². The summed E-state index contributed by atoms with van der Waals surface area (Å²) >= 11 is 0. The lowest BCUT2D eigenvalue weighted by Crippen LogP contribution is -2.15. The number of nitrogens with one attached hydrogen (secondary N) is 1. The molecule has 0 bridgehead atoms. The molecule has 17 heavy (non-hydrogen) atoms. The van der Waals surface area contributed by atoms with Gasteiger partial charge in [-0.15, -0.1) is 0 Å². The molecule has 1 aromatic rings. The van der Waals surface area contributed by atoms with E-state index in [1.54, 1.807) is 0 Å². The van der Waals surface area contributed by atoms with E-state index in [0.717, 1.165) is 25.3 Å². The topological polar surface area (TPSA) is 37.3 Å². The van der Waals surface area contributed by atoms with Crippen LogP contribution in [-0.4, -0.2) is 23.8 Å². The van der Waals surface area contributed by atoms with Crippen molar-refractivity contribution in [1.82, 2.24) is 4.98 Å². The Bertz CT molecular complexity index is 396. The molecule has 0 unspecified atom stereocenters. The van der Waals surface area contributed by atoms with E-state index in [9.17, 15) is 0 Å². The van der Waals surface area contributed by atoms with Gasteiger partial charge in [-0.05, 0) is 37.3 Å². The lowest BCUT2D eigenvalue weighted by molar-refractivity contribution is 0.686. The summed E-state index contributed by atoms with van der Waals surface area (Å²) in [7, 11) is 0. The van der Waals surface area contributed by atoms with Crippen molar-refractivity contribution in [1.29, 1.82) is 0 Å². The van der Waals surface area contributed by atoms with Gasteiger partial charge in [-0.2, -0.15) is 0 Å². The van der Waals surface area contributed by atoms with Gasteiger partial charge in [0.1, 0.15) is 5.82 Å². The number of aliphatic imine (C=N–C) groups is 1. The first-order valence-electron chi connectivity index (χ1n) is 6.50. The molecule has 0 atom stereocenters. The van der Waals surface area contributed by atoms with Crippen LogP contribution in [-0.2, 0) is 0 Å². The summed E-state index contributed by atoms with van der Waals surface area (Å²) in [4.78, 5) is 9.06. The van der Waals surface area contributed by atoms with Gasteiger partial charge in [-0.1, -0.05) is 13.8 Å². The summed E-state index contributed by atoms with van der Waals surface area (Å²) in [6.07, 6.45) is 5.40. The van der Waals surface area contributed by atoms with Crippen LogP contribution < -0.4 is 5.32 Å². The van der Waals surface area contributed by atoms with Gasteiger partial charge in [-0.3, -0.25) is 4.99 Å². The van der Waals surface area contributed by atoms with E-state index in [2.05, 4.69) is 35.2 Å². The first-order chi connectivity index (χ1) is 8.27. The van der Waals surface area contributed by atoms with Gasteiger partial charge in [0.2, 0.25) is 0 Å². The summed E-state index contributed by atoms with van der Waals surface area (Å²) < 4.78 is 0. The highest BCUT2D eigenvalue weighted by Crippen LogP contribution is 2.19. The number of aromatic nitrogens is 1.